The van der Waals surface area contributed by atoms with Crippen molar-refractivity contribution in [1.82, 2.24) is 4.72 Å². The molecule has 0 radical (unpaired) electrons. The van der Waals surface area contributed by atoms with E-state index in [4.69, 9.17) is 9.47 Å². The molecule has 5 nitrogen and oxygen atoms in total. The SMILES string of the molecule is CCc1ccc(C(NS(=O)(=O)c2ccc(OC)c(OC)c2)C(C)C)cc1. The summed E-state index contributed by atoms with van der Waals surface area (Å²) < 4.78 is 39.0. The molecule has 0 spiro atoms. The van der Waals surface area contributed by atoms with Crippen molar-refractivity contribution >= 4 is 10.0 Å². The Hall–Kier alpha value is -2.05. The maximum absolute atomic E-state index is 12.9. The van der Waals surface area contributed by atoms with Crippen molar-refractivity contribution in [3.05, 3.63) is 53.6 Å². The summed E-state index contributed by atoms with van der Waals surface area (Å²) in [5, 5.41) is 0. The van der Waals surface area contributed by atoms with E-state index >= 15 is 0 Å². The summed E-state index contributed by atoms with van der Waals surface area (Å²) in [6.07, 6.45) is 0.948. The first kappa shape index (κ1) is 20.3. The van der Waals surface area contributed by atoms with Crippen LogP contribution >= 0.6 is 0 Å². The molecule has 0 aliphatic rings. The second kappa shape index (κ2) is 8.56. The number of rotatable bonds is 8. The zero-order valence-corrected chi connectivity index (χ0v) is 16.8. The molecular weight excluding hydrogens is 350 g/mol. The van der Waals surface area contributed by atoms with Crippen LogP contribution in [0.3, 0.4) is 0 Å². The van der Waals surface area contributed by atoms with Crippen LogP contribution in [0.5, 0.6) is 11.5 Å². The average molecular weight is 378 g/mol. The summed E-state index contributed by atoms with van der Waals surface area (Å²) in [6.45, 7) is 6.08. The quantitative estimate of drug-likeness (QED) is 0.757. The van der Waals surface area contributed by atoms with Crippen LogP contribution < -0.4 is 14.2 Å². The summed E-state index contributed by atoms with van der Waals surface area (Å²) in [5.41, 5.74) is 2.17. The fourth-order valence-corrected chi connectivity index (χ4v) is 4.16. The molecule has 1 unspecified atom stereocenters. The van der Waals surface area contributed by atoms with Gasteiger partial charge in [-0.1, -0.05) is 45.0 Å². The van der Waals surface area contributed by atoms with Crippen LogP contribution in [0, 0.1) is 5.92 Å². The fourth-order valence-electron chi connectivity index (χ4n) is 2.77. The molecule has 26 heavy (non-hydrogen) atoms. The highest BCUT2D eigenvalue weighted by Gasteiger charge is 2.25. The van der Waals surface area contributed by atoms with Crippen molar-refractivity contribution in [2.24, 2.45) is 5.92 Å². The molecule has 0 aromatic heterocycles. The topological polar surface area (TPSA) is 64.6 Å². The second-order valence-electron chi connectivity index (χ2n) is 6.45. The van der Waals surface area contributed by atoms with E-state index < -0.39 is 10.0 Å². The fraction of sp³-hybridized carbons (Fsp3) is 0.400. The molecular formula is C20H27NO4S. The zero-order chi connectivity index (χ0) is 19.3. The number of ether oxygens (including phenoxy) is 2. The number of benzene rings is 2. The summed E-state index contributed by atoms with van der Waals surface area (Å²) in [7, 11) is -0.719. The number of hydrogen-bond donors (Lipinski definition) is 1. The predicted octanol–water partition coefficient (Wildman–Crippen LogP) is 3.94. The van der Waals surface area contributed by atoms with Crippen LogP contribution in [0.2, 0.25) is 0 Å². The molecule has 0 aliphatic heterocycles. The third-order valence-electron chi connectivity index (χ3n) is 4.36. The Morgan fingerprint density at radius 2 is 1.58 bits per heavy atom. The van der Waals surface area contributed by atoms with Gasteiger partial charge >= 0.3 is 0 Å². The summed E-state index contributed by atoms with van der Waals surface area (Å²) >= 11 is 0. The zero-order valence-electron chi connectivity index (χ0n) is 15.9. The summed E-state index contributed by atoms with van der Waals surface area (Å²) in [4.78, 5) is 0.144. The molecule has 142 valence electrons. The lowest BCUT2D eigenvalue weighted by Crippen LogP contribution is -2.31. The van der Waals surface area contributed by atoms with E-state index in [1.54, 1.807) is 6.07 Å². The van der Waals surface area contributed by atoms with Crippen molar-refractivity contribution < 1.29 is 17.9 Å². The van der Waals surface area contributed by atoms with E-state index in [1.807, 2.05) is 38.1 Å². The summed E-state index contributed by atoms with van der Waals surface area (Å²) in [6, 6.07) is 12.3. The highest BCUT2D eigenvalue weighted by atomic mass is 32.2. The minimum atomic E-state index is -3.71. The normalized spacial score (nSPS) is 12.8. The first-order chi connectivity index (χ1) is 12.3. The third kappa shape index (κ3) is 4.56. The molecule has 1 N–H and O–H groups in total. The molecule has 6 heteroatoms. The van der Waals surface area contributed by atoms with Gasteiger partial charge in [-0.25, -0.2) is 13.1 Å². The van der Waals surface area contributed by atoms with Gasteiger partial charge in [0.15, 0.2) is 11.5 Å². The smallest absolute Gasteiger partial charge is 0.241 e. The molecule has 2 aromatic carbocycles. The van der Waals surface area contributed by atoms with Crippen molar-refractivity contribution in [3.8, 4) is 11.5 Å². The third-order valence-corrected chi connectivity index (χ3v) is 5.80. The van der Waals surface area contributed by atoms with Gasteiger partial charge in [0.05, 0.1) is 19.1 Å². The molecule has 0 bridgehead atoms. The lowest BCUT2D eigenvalue weighted by Gasteiger charge is -2.23. The maximum atomic E-state index is 12.9. The van der Waals surface area contributed by atoms with E-state index in [9.17, 15) is 8.42 Å². The maximum Gasteiger partial charge on any atom is 0.241 e. The largest absolute Gasteiger partial charge is 0.493 e. The number of methoxy groups -OCH3 is 2. The number of nitrogens with one attached hydrogen (secondary N) is 1. The van der Waals surface area contributed by atoms with E-state index in [-0.39, 0.29) is 16.9 Å². The first-order valence-electron chi connectivity index (χ1n) is 8.65. The van der Waals surface area contributed by atoms with Gasteiger partial charge in [-0.05, 0) is 35.6 Å². The van der Waals surface area contributed by atoms with Gasteiger partial charge in [0.2, 0.25) is 10.0 Å². The first-order valence-corrected chi connectivity index (χ1v) is 10.1. The monoisotopic (exact) mass is 377 g/mol. The van der Waals surface area contributed by atoms with Gasteiger partial charge in [0.25, 0.3) is 0 Å². The van der Waals surface area contributed by atoms with Crippen LogP contribution in [0.15, 0.2) is 47.4 Å². The molecule has 0 saturated heterocycles. The van der Waals surface area contributed by atoms with Gasteiger partial charge in [-0.2, -0.15) is 0 Å². The Morgan fingerprint density at radius 3 is 2.08 bits per heavy atom. The van der Waals surface area contributed by atoms with E-state index in [0.717, 1.165) is 12.0 Å². The molecule has 0 aliphatic carbocycles. The van der Waals surface area contributed by atoms with E-state index in [0.29, 0.717) is 11.5 Å². The van der Waals surface area contributed by atoms with Gasteiger partial charge in [-0.3, -0.25) is 0 Å². The minimum Gasteiger partial charge on any atom is -0.493 e. The Morgan fingerprint density at radius 1 is 0.962 bits per heavy atom. The van der Waals surface area contributed by atoms with Crippen molar-refractivity contribution in [3.63, 3.8) is 0 Å². The molecule has 0 heterocycles. The van der Waals surface area contributed by atoms with Crippen LogP contribution in [0.1, 0.15) is 37.9 Å². The highest BCUT2D eigenvalue weighted by Crippen LogP contribution is 2.31. The Labute approximate surface area is 156 Å². The van der Waals surface area contributed by atoms with Crippen LogP contribution in [0.4, 0.5) is 0 Å². The average Bonchev–Trinajstić information content (AvgIpc) is 2.65. The van der Waals surface area contributed by atoms with E-state index in [1.165, 1.54) is 31.9 Å². The van der Waals surface area contributed by atoms with Crippen LogP contribution in [0.25, 0.3) is 0 Å². The highest BCUT2D eigenvalue weighted by molar-refractivity contribution is 7.89. The van der Waals surface area contributed by atoms with E-state index in [2.05, 4.69) is 11.6 Å². The van der Waals surface area contributed by atoms with Crippen molar-refractivity contribution in [1.29, 1.82) is 0 Å². The van der Waals surface area contributed by atoms with Gasteiger partial charge in [-0.15, -0.1) is 0 Å². The lowest BCUT2D eigenvalue weighted by molar-refractivity contribution is 0.353. The standard InChI is InChI=1S/C20H27NO4S/c1-6-15-7-9-16(10-8-15)20(14(2)3)21-26(22,23)17-11-12-18(24-4)19(13-17)25-5/h7-14,20-21H,6H2,1-5H3. The predicted molar refractivity (Wildman–Crippen MR) is 103 cm³/mol. The molecule has 0 saturated carbocycles. The molecule has 2 aromatic rings. The second-order valence-corrected chi connectivity index (χ2v) is 8.17. The van der Waals surface area contributed by atoms with Crippen molar-refractivity contribution in [2.45, 2.75) is 38.1 Å². The summed E-state index contributed by atoms with van der Waals surface area (Å²) in [5.74, 6) is 0.961. The molecule has 1 atom stereocenters. The van der Waals surface area contributed by atoms with Gasteiger partial charge in [0.1, 0.15) is 0 Å². The Kier molecular flexibility index (Phi) is 6.67. The Balaban J connectivity index is 2.34. The number of sulfonamides is 1. The van der Waals surface area contributed by atoms with Crippen molar-refractivity contribution in [2.75, 3.05) is 14.2 Å². The minimum absolute atomic E-state index is 0.0948. The lowest BCUT2D eigenvalue weighted by atomic mass is 9.96. The Bertz CT molecular complexity index is 829. The molecule has 2 rings (SSSR count). The number of hydrogen-bond acceptors (Lipinski definition) is 4. The van der Waals surface area contributed by atoms with Gasteiger partial charge in [0, 0.05) is 12.1 Å². The van der Waals surface area contributed by atoms with Gasteiger partial charge < -0.3 is 9.47 Å². The van der Waals surface area contributed by atoms with Crippen LogP contribution in [-0.2, 0) is 16.4 Å². The van der Waals surface area contributed by atoms with Crippen LogP contribution in [-0.4, -0.2) is 22.6 Å². The molecule has 0 amide bonds. The molecule has 0 fully saturated rings. The number of aryl methyl sites for hydroxylation is 1.